The van der Waals surface area contributed by atoms with Gasteiger partial charge in [-0.05, 0) is 127 Å². The molecule has 0 aliphatic carbocycles. The number of hydrogen-bond donors (Lipinski definition) is 0. The second kappa shape index (κ2) is 12.3. The van der Waals surface area contributed by atoms with Gasteiger partial charge in [0.05, 0.1) is 11.0 Å². The molecule has 0 fully saturated rings. The fraction of sp³-hybridized carbons (Fsp3) is 0. The fourth-order valence-electron chi connectivity index (χ4n) is 8.36. The highest BCUT2D eigenvalue weighted by Crippen LogP contribution is 2.46. The van der Waals surface area contributed by atoms with E-state index in [2.05, 4.69) is 72.8 Å². The van der Waals surface area contributed by atoms with Gasteiger partial charge in [-0.1, -0.05) is 188 Å². The maximum absolute atomic E-state index is 9.51. The molecule has 0 nitrogen and oxygen atoms in total. The van der Waals surface area contributed by atoms with Crippen LogP contribution in [0.4, 0.5) is 0 Å². The van der Waals surface area contributed by atoms with Crippen molar-refractivity contribution in [1.82, 2.24) is 0 Å². The molecule has 0 aromatic heterocycles. The lowest BCUT2D eigenvalue weighted by Crippen LogP contribution is -1.92. The molecule has 0 saturated heterocycles. The molecule has 54 heavy (non-hydrogen) atoms. The second-order valence-corrected chi connectivity index (χ2v) is 13.8. The molecule has 11 rings (SSSR count). The first-order valence-electron chi connectivity index (χ1n) is 22.1. The van der Waals surface area contributed by atoms with Crippen molar-refractivity contribution >= 4 is 64.6 Å². The number of rotatable bonds is 4. The Morgan fingerprint density at radius 3 is 1.43 bits per heavy atom. The molecule has 0 atom stereocenters. The summed E-state index contributed by atoms with van der Waals surface area (Å²) in [5, 5.41) is 9.46. The molecule has 0 spiro atoms. The Labute approximate surface area is 325 Å². The van der Waals surface area contributed by atoms with Crippen LogP contribution >= 0.6 is 0 Å². The van der Waals surface area contributed by atoms with Crippen LogP contribution in [0.2, 0.25) is 0 Å². The van der Waals surface area contributed by atoms with Crippen LogP contribution in [0.15, 0.2) is 206 Å². The molecule has 0 saturated carbocycles. The van der Waals surface area contributed by atoms with Crippen LogP contribution in [0, 0.1) is 0 Å². The minimum atomic E-state index is -0.426. The Hall–Kier alpha value is -7.02. The highest BCUT2D eigenvalue weighted by molar-refractivity contribution is 6.23. The molecular formula is C54H34. The minimum Gasteiger partial charge on any atom is -0.0616 e. The third-order valence-electron chi connectivity index (χ3n) is 10.8. The predicted molar refractivity (Wildman–Crippen MR) is 233 cm³/mol. The quantitative estimate of drug-likeness (QED) is 0.127. The van der Waals surface area contributed by atoms with Crippen molar-refractivity contribution in [3.05, 3.63) is 206 Å². The summed E-state index contributed by atoms with van der Waals surface area (Å²) in [7, 11) is 0. The standard InChI is InChI=1S/C54H34/c1-2-14-39-32-40(29-26-35(39)12-1)36-24-27-38(28-25-36)52-46-20-7-9-22-48(46)54(49-23-10-8-21-47(49)52)43-17-11-16-42(33-43)53-45-19-6-4-15-41(45)34-51-44-18-5-3-13-37(44)30-31-50(51)53/h1-34H/i7D,8D,9D,10D,20D,21D,22D,23D. The van der Waals surface area contributed by atoms with Gasteiger partial charge in [0.15, 0.2) is 0 Å². The first-order valence-corrected chi connectivity index (χ1v) is 18.1. The van der Waals surface area contributed by atoms with Gasteiger partial charge >= 0.3 is 0 Å². The number of fused-ring (bicyclic) bond motifs is 7. The number of hydrogen-bond acceptors (Lipinski definition) is 0. The van der Waals surface area contributed by atoms with Gasteiger partial charge in [0, 0.05) is 0 Å². The Balaban J connectivity index is 1.23. The second-order valence-electron chi connectivity index (χ2n) is 13.8. The molecule has 0 bridgehead atoms. The van der Waals surface area contributed by atoms with Crippen molar-refractivity contribution in [1.29, 1.82) is 0 Å². The summed E-state index contributed by atoms with van der Waals surface area (Å²) in [6.07, 6.45) is 0. The van der Waals surface area contributed by atoms with Gasteiger partial charge in [0.25, 0.3) is 0 Å². The van der Waals surface area contributed by atoms with E-state index in [4.69, 9.17) is 5.48 Å². The number of benzene rings is 11. The van der Waals surface area contributed by atoms with Crippen LogP contribution in [-0.2, 0) is 0 Å². The third-order valence-corrected chi connectivity index (χ3v) is 10.8. The molecule has 0 amide bonds. The highest BCUT2D eigenvalue weighted by atomic mass is 14.2. The third kappa shape index (κ3) is 4.85. The summed E-state index contributed by atoms with van der Waals surface area (Å²) in [6.45, 7) is 0. The van der Waals surface area contributed by atoms with Gasteiger partial charge in [-0.2, -0.15) is 0 Å². The van der Waals surface area contributed by atoms with Gasteiger partial charge in [-0.15, -0.1) is 0 Å². The molecule has 0 unspecified atom stereocenters. The van der Waals surface area contributed by atoms with E-state index in [-0.39, 0.29) is 45.7 Å². The van der Waals surface area contributed by atoms with Gasteiger partial charge in [-0.25, -0.2) is 0 Å². The van der Waals surface area contributed by atoms with Crippen LogP contribution in [-0.4, -0.2) is 0 Å². The summed E-state index contributed by atoms with van der Waals surface area (Å²) in [5.74, 6) is 0. The normalized spacial score (nSPS) is 13.8. The van der Waals surface area contributed by atoms with Crippen molar-refractivity contribution < 1.29 is 11.0 Å². The van der Waals surface area contributed by atoms with Crippen LogP contribution in [0.5, 0.6) is 0 Å². The molecule has 0 aliphatic heterocycles. The molecular weight excluding hydrogens is 649 g/mol. The topological polar surface area (TPSA) is 0 Å². The van der Waals surface area contributed by atoms with Crippen molar-refractivity contribution in [2.45, 2.75) is 0 Å². The monoisotopic (exact) mass is 690 g/mol. The van der Waals surface area contributed by atoms with Gasteiger partial charge in [0.2, 0.25) is 0 Å². The summed E-state index contributed by atoms with van der Waals surface area (Å²) >= 11 is 0. The zero-order valence-electron chi connectivity index (χ0n) is 37.0. The average Bonchev–Trinajstić information content (AvgIpc) is 3.32. The molecule has 11 aromatic carbocycles. The fourth-order valence-corrected chi connectivity index (χ4v) is 8.36. The van der Waals surface area contributed by atoms with Crippen molar-refractivity contribution in [3.8, 4) is 44.5 Å². The van der Waals surface area contributed by atoms with Crippen LogP contribution in [0.3, 0.4) is 0 Å². The Bertz CT molecular complexity index is 3640. The Morgan fingerprint density at radius 1 is 0.241 bits per heavy atom. The van der Waals surface area contributed by atoms with E-state index in [1.807, 2.05) is 84.9 Å². The molecule has 0 radical (unpaired) electrons. The molecule has 11 aromatic rings. The maximum Gasteiger partial charge on any atom is 0.0629 e. The van der Waals surface area contributed by atoms with Crippen molar-refractivity contribution in [2.75, 3.05) is 0 Å². The van der Waals surface area contributed by atoms with E-state index in [9.17, 15) is 5.48 Å². The lowest BCUT2D eigenvalue weighted by Gasteiger charge is -2.19. The van der Waals surface area contributed by atoms with Crippen LogP contribution < -0.4 is 0 Å². The summed E-state index contributed by atoms with van der Waals surface area (Å²) < 4.78 is 73.6. The van der Waals surface area contributed by atoms with Crippen molar-refractivity contribution in [3.63, 3.8) is 0 Å². The first-order chi connectivity index (χ1) is 30.1. The van der Waals surface area contributed by atoms with E-state index >= 15 is 0 Å². The zero-order valence-corrected chi connectivity index (χ0v) is 29.0. The van der Waals surface area contributed by atoms with Crippen molar-refractivity contribution in [2.24, 2.45) is 0 Å². The predicted octanol–water partition coefficient (Wildman–Crippen LogP) is 15.3. The first kappa shape index (κ1) is 23.5. The molecule has 250 valence electrons. The lowest BCUT2D eigenvalue weighted by atomic mass is 9.84. The molecule has 0 heterocycles. The summed E-state index contributed by atoms with van der Waals surface area (Å²) in [5.41, 5.74) is 5.55. The highest BCUT2D eigenvalue weighted by Gasteiger charge is 2.18. The van der Waals surface area contributed by atoms with Crippen LogP contribution in [0.25, 0.3) is 109 Å². The Kier molecular flexibility index (Phi) is 5.36. The molecule has 0 aliphatic rings. The van der Waals surface area contributed by atoms with E-state index in [1.54, 1.807) is 0 Å². The smallest absolute Gasteiger partial charge is 0.0616 e. The van der Waals surface area contributed by atoms with E-state index in [0.29, 0.717) is 22.3 Å². The van der Waals surface area contributed by atoms with Gasteiger partial charge < -0.3 is 0 Å². The SMILES string of the molecule is [2H]c1c([2H])c([2H])c2c(-c3cccc(-c4c5ccccc5cc5c4ccc4ccccc45)c3)c3c([2H])c([2H])c([2H])c([2H])c3c(-c3ccc(-c4ccc5ccccc5c4)cc3)c2c1[2H]. The average molecular weight is 691 g/mol. The van der Waals surface area contributed by atoms with Gasteiger partial charge in [0.1, 0.15) is 0 Å². The summed E-state index contributed by atoms with van der Waals surface area (Å²) in [4.78, 5) is 0. The van der Waals surface area contributed by atoms with E-state index in [0.717, 1.165) is 65.3 Å². The minimum absolute atomic E-state index is 0.188. The summed E-state index contributed by atoms with van der Waals surface area (Å²) in [6, 6.07) is 50.0. The van der Waals surface area contributed by atoms with Gasteiger partial charge in [-0.3, -0.25) is 0 Å². The molecule has 0 heteroatoms. The lowest BCUT2D eigenvalue weighted by molar-refractivity contribution is 1.62. The zero-order chi connectivity index (χ0) is 42.6. The molecule has 0 N–H and O–H groups in total. The Morgan fingerprint density at radius 2 is 0.741 bits per heavy atom. The van der Waals surface area contributed by atoms with E-state index < -0.39 is 24.2 Å². The largest absolute Gasteiger partial charge is 0.0629 e. The maximum atomic E-state index is 9.51. The van der Waals surface area contributed by atoms with E-state index in [1.165, 1.54) is 0 Å². The van der Waals surface area contributed by atoms with Crippen LogP contribution in [0.1, 0.15) is 11.0 Å².